The second-order valence-electron chi connectivity index (χ2n) is 7.05. The molecule has 0 aliphatic carbocycles. The van der Waals surface area contributed by atoms with Gasteiger partial charge in [0.2, 0.25) is 15.9 Å². The fraction of sp³-hybridized carbons (Fsp3) is 0.556. The molecule has 1 fully saturated rings. The summed E-state index contributed by atoms with van der Waals surface area (Å²) in [4.78, 5) is 19.3. The Morgan fingerprint density at radius 2 is 1.96 bits per heavy atom. The lowest BCUT2D eigenvalue weighted by Gasteiger charge is -2.39. The first kappa shape index (κ1) is 20.2. The molecule has 9 heteroatoms. The quantitative estimate of drug-likeness (QED) is 0.764. The van der Waals surface area contributed by atoms with Crippen LogP contribution in [0.5, 0.6) is 0 Å². The molecule has 0 saturated carbocycles. The second-order valence-corrected chi connectivity index (χ2v) is 9.56. The molecule has 148 valence electrons. The van der Waals surface area contributed by atoms with Gasteiger partial charge in [0.05, 0.1) is 21.7 Å². The third kappa shape index (κ3) is 4.14. The first-order chi connectivity index (χ1) is 12.7. The highest BCUT2D eigenvalue weighted by Gasteiger charge is 2.29. The molecule has 0 spiro atoms. The maximum atomic E-state index is 12.8. The standard InChI is InChI=1S/C18H26N4O3S2/c1-4-21-16-9-8-14(27(19,24)25)10-15(16)20-18(21)26-11-17(23)22-12(2)6-5-7-13(22)3/h8-10,12-13H,4-7,11H2,1-3H3,(H2,19,24,25)/t12-,13+. The maximum absolute atomic E-state index is 12.8. The van der Waals surface area contributed by atoms with Crippen LogP contribution in [0.25, 0.3) is 11.0 Å². The van der Waals surface area contributed by atoms with E-state index in [-0.39, 0.29) is 22.9 Å². The van der Waals surface area contributed by atoms with Crippen molar-refractivity contribution in [3.63, 3.8) is 0 Å². The SMILES string of the molecule is CCn1c(SCC(=O)N2[C@H](C)CCC[C@@H]2C)nc2cc(S(N)(=O)=O)ccc21. The van der Waals surface area contributed by atoms with E-state index in [4.69, 9.17) is 5.14 Å². The minimum atomic E-state index is -3.77. The summed E-state index contributed by atoms with van der Waals surface area (Å²) in [5.41, 5.74) is 1.40. The van der Waals surface area contributed by atoms with Crippen molar-refractivity contribution in [1.29, 1.82) is 0 Å². The van der Waals surface area contributed by atoms with Gasteiger partial charge in [0, 0.05) is 18.6 Å². The molecule has 1 aromatic heterocycles. The van der Waals surface area contributed by atoms with E-state index in [0.717, 1.165) is 24.8 Å². The van der Waals surface area contributed by atoms with Crippen LogP contribution in [0.1, 0.15) is 40.0 Å². The summed E-state index contributed by atoms with van der Waals surface area (Å²) in [7, 11) is -3.77. The molecule has 1 amide bonds. The van der Waals surface area contributed by atoms with E-state index in [2.05, 4.69) is 18.8 Å². The number of likely N-dealkylation sites (tertiary alicyclic amines) is 1. The number of thioether (sulfide) groups is 1. The van der Waals surface area contributed by atoms with Crippen LogP contribution < -0.4 is 5.14 Å². The van der Waals surface area contributed by atoms with Gasteiger partial charge in [0.15, 0.2) is 5.16 Å². The number of sulfonamides is 1. The Morgan fingerprint density at radius 3 is 2.56 bits per heavy atom. The van der Waals surface area contributed by atoms with Gasteiger partial charge in [-0.05, 0) is 58.2 Å². The number of hydrogen-bond donors (Lipinski definition) is 1. The van der Waals surface area contributed by atoms with Gasteiger partial charge in [-0.2, -0.15) is 0 Å². The summed E-state index contributed by atoms with van der Waals surface area (Å²) in [6.07, 6.45) is 3.26. The molecule has 27 heavy (non-hydrogen) atoms. The first-order valence-electron chi connectivity index (χ1n) is 9.19. The largest absolute Gasteiger partial charge is 0.337 e. The number of aromatic nitrogens is 2. The van der Waals surface area contributed by atoms with E-state index in [0.29, 0.717) is 23.0 Å². The molecule has 2 aromatic rings. The van der Waals surface area contributed by atoms with Gasteiger partial charge >= 0.3 is 0 Å². The number of piperidine rings is 1. The number of primary sulfonamides is 1. The molecule has 2 N–H and O–H groups in total. The van der Waals surface area contributed by atoms with Crippen molar-refractivity contribution in [1.82, 2.24) is 14.5 Å². The molecule has 1 aromatic carbocycles. The van der Waals surface area contributed by atoms with Crippen LogP contribution in [-0.4, -0.2) is 46.6 Å². The molecule has 1 aliphatic heterocycles. The van der Waals surface area contributed by atoms with E-state index in [1.807, 2.05) is 16.4 Å². The number of carbonyl (C=O) groups excluding carboxylic acids is 1. The smallest absolute Gasteiger partial charge is 0.238 e. The number of amides is 1. The maximum Gasteiger partial charge on any atom is 0.238 e. The van der Waals surface area contributed by atoms with Gasteiger partial charge in [-0.3, -0.25) is 4.79 Å². The van der Waals surface area contributed by atoms with Gasteiger partial charge in [0.25, 0.3) is 0 Å². The van der Waals surface area contributed by atoms with Gasteiger partial charge in [-0.15, -0.1) is 0 Å². The summed E-state index contributed by atoms with van der Waals surface area (Å²) < 4.78 is 25.1. The van der Waals surface area contributed by atoms with Crippen LogP contribution in [0, 0.1) is 0 Å². The van der Waals surface area contributed by atoms with E-state index in [1.54, 1.807) is 6.07 Å². The molecule has 0 radical (unpaired) electrons. The molecule has 1 saturated heterocycles. The van der Waals surface area contributed by atoms with Gasteiger partial charge < -0.3 is 9.47 Å². The highest BCUT2D eigenvalue weighted by atomic mass is 32.2. The number of benzene rings is 1. The molecule has 7 nitrogen and oxygen atoms in total. The topological polar surface area (TPSA) is 98.3 Å². The predicted octanol–water partition coefficient (Wildman–Crippen LogP) is 2.59. The first-order valence-corrected chi connectivity index (χ1v) is 11.7. The van der Waals surface area contributed by atoms with Crippen molar-refractivity contribution in [2.24, 2.45) is 5.14 Å². The van der Waals surface area contributed by atoms with Crippen molar-refractivity contribution in [3.8, 4) is 0 Å². The number of fused-ring (bicyclic) bond motifs is 1. The van der Waals surface area contributed by atoms with E-state index in [9.17, 15) is 13.2 Å². The third-order valence-corrected chi connectivity index (χ3v) is 7.01. The van der Waals surface area contributed by atoms with E-state index >= 15 is 0 Å². The Kier molecular flexibility index (Phi) is 5.83. The molecular formula is C18H26N4O3S2. The highest BCUT2D eigenvalue weighted by Crippen LogP contribution is 2.28. The Hall–Kier alpha value is -1.58. The van der Waals surface area contributed by atoms with Crippen LogP contribution in [-0.2, 0) is 21.4 Å². The average molecular weight is 411 g/mol. The van der Waals surface area contributed by atoms with Crippen LogP contribution in [0.2, 0.25) is 0 Å². The number of carbonyl (C=O) groups is 1. The molecule has 2 heterocycles. The van der Waals surface area contributed by atoms with Crippen LogP contribution >= 0.6 is 11.8 Å². The van der Waals surface area contributed by atoms with Crippen molar-refractivity contribution < 1.29 is 13.2 Å². The van der Waals surface area contributed by atoms with E-state index < -0.39 is 10.0 Å². The van der Waals surface area contributed by atoms with Crippen LogP contribution in [0.4, 0.5) is 0 Å². The molecule has 1 aliphatic rings. The third-order valence-electron chi connectivity index (χ3n) is 5.14. The number of imidazole rings is 1. The highest BCUT2D eigenvalue weighted by molar-refractivity contribution is 7.99. The summed E-state index contributed by atoms with van der Waals surface area (Å²) in [5.74, 6) is 0.444. The van der Waals surface area contributed by atoms with Crippen LogP contribution in [0.3, 0.4) is 0 Å². The summed E-state index contributed by atoms with van der Waals surface area (Å²) >= 11 is 1.40. The van der Waals surface area contributed by atoms with Crippen molar-refractivity contribution in [2.45, 2.75) is 68.7 Å². The van der Waals surface area contributed by atoms with Crippen LogP contribution in [0.15, 0.2) is 28.3 Å². The van der Waals surface area contributed by atoms with E-state index in [1.165, 1.54) is 23.9 Å². The lowest BCUT2D eigenvalue weighted by atomic mass is 9.98. The minimum absolute atomic E-state index is 0.0411. The molecular weight excluding hydrogens is 384 g/mol. The van der Waals surface area contributed by atoms with Gasteiger partial charge in [-0.25, -0.2) is 18.5 Å². The molecule has 0 bridgehead atoms. The van der Waals surface area contributed by atoms with Crippen molar-refractivity contribution in [2.75, 3.05) is 5.75 Å². The number of nitrogens with two attached hydrogens (primary N) is 1. The zero-order valence-electron chi connectivity index (χ0n) is 15.9. The summed E-state index contributed by atoms with van der Waals surface area (Å²) in [6, 6.07) is 5.22. The number of rotatable bonds is 5. The Bertz CT molecular complexity index is 945. The minimum Gasteiger partial charge on any atom is -0.337 e. The van der Waals surface area contributed by atoms with Gasteiger partial charge in [0.1, 0.15) is 0 Å². The van der Waals surface area contributed by atoms with Crippen molar-refractivity contribution in [3.05, 3.63) is 18.2 Å². The van der Waals surface area contributed by atoms with Crippen molar-refractivity contribution >= 4 is 38.7 Å². The fourth-order valence-electron chi connectivity index (χ4n) is 3.79. The number of hydrogen-bond acceptors (Lipinski definition) is 5. The molecule has 3 rings (SSSR count). The zero-order valence-corrected chi connectivity index (χ0v) is 17.5. The lowest BCUT2D eigenvalue weighted by Crippen LogP contribution is -2.48. The Balaban J connectivity index is 1.83. The lowest BCUT2D eigenvalue weighted by molar-refractivity contribution is -0.134. The predicted molar refractivity (Wildman–Crippen MR) is 107 cm³/mol. The average Bonchev–Trinajstić information content (AvgIpc) is 2.95. The summed E-state index contributed by atoms with van der Waals surface area (Å²) in [6.45, 7) is 6.89. The molecule has 2 atom stereocenters. The Morgan fingerprint density at radius 1 is 1.30 bits per heavy atom. The fourth-order valence-corrected chi connectivity index (χ4v) is 5.28. The zero-order chi connectivity index (χ0) is 19.8. The number of aryl methyl sites for hydroxylation is 1. The normalized spacial score (nSPS) is 21.0. The van der Waals surface area contributed by atoms with Gasteiger partial charge in [-0.1, -0.05) is 11.8 Å². The summed E-state index contributed by atoms with van der Waals surface area (Å²) in [5, 5.41) is 5.93. The molecule has 0 unspecified atom stereocenters. The monoisotopic (exact) mass is 410 g/mol. The second kappa shape index (κ2) is 7.81. The Labute approximate surface area is 164 Å². The number of nitrogens with zero attached hydrogens (tertiary/aromatic N) is 3.